The summed E-state index contributed by atoms with van der Waals surface area (Å²) < 4.78 is 10.1. The molecule has 180 valence electrons. The molecule has 5 heteroatoms. The van der Waals surface area contributed by atoms with Gasteiger partial charge in [0.2, 0.25) is 0 Å². The first-order valence-electron chi connectivity index (χ1n) is 11.9. The smallest absolute Gasteiger partial charge is 0.163 e. The molecule has 0 amide bonds. The number of methoxy groups -OCH3 is 2. The predicted molar refractivity (Wildman–Crippen MR) is 135 cm³/mol. The molecule has 0 aliphatic heterocycles. The summed E-state index contributed by atoms with van der Waals surface area (Å²) in [6, 6.07) is 17.4. The number of carbonyl (C=O) groups is 3. The van der Waals surface area contributed by atoms with Crippen LogP contribution in [0.2, 0.25) is 0 Å². The summed E-state index contributed by atoms with van der Waals surface area (Å²) in [6.45, 7) is 2.06. The summed E-state index contributed by atoms with van der Waals surface area (Å²) in [6.07, 6.45) is 4.71. The number of ether oxygens (including phenoxy) is 2. The Bertz CT molecular complexity index is 1290. The maximum absolute atomic E-state index is 11.3. The molecule has 3 aromatic carbocycles. The van der Waals surface area contributed by atoms with Gasteiger partial charge < -0.3 is 9.47 Å². The molecule has 0 saturated carbocycles. The number of hydrogen-bond donors (Lipinski definition) is 0. The topological polar surface area (TPSA) is 69.7 Å². The quantitative estimate of drug-likeness (QED) is 0.475. The molecule has 0 heterocycles. The Kier molecular flexibility index (Phi) is 7.45. The van der Waals surface area contributed by atoms with Gasteiger partial charge in [-0.15, -0.1) is 0 Å². The molecule has 0 spiro atoms. The molecule has 3 aliphatic rings. The number of benzene rings is 3. The molecule has 6 rings (SSSR count). The standard InChI is InChI=1S/2C10H10O2.C10H10O/c1-12-8-3-4-9-7(6-8)2-5-10(9)11;1-12-8-4-2-7-3-5-10(11)9(7)6-8;1-7-2-4-9-8(6-7)3-5-10(9)11/h3-4,6H,2,5H2,1H3;2,4,6H,3,5H2,1H3;2,4,6H,3,5H2,1H3. The molecule has 0 saturated heterocycles. The normalized spacial score (nSPS) is 14.8. The summed E-state index contributed by atoms with van der Waals surface area (Å²) >= 11 is 0. The second-order valence-electron chi connectivity index (χ2n) is 8.98. The second-order valence-corrected chi connectivity index (χ2v) is 8.98. The Hall–Kier alpha value is -3.73. The van der Waals surface area contributed by atoms with Crippen LogP contribution in [0.1, 0.15) is 72.6 Å². The summed E-state index contributed by atoms with van der Waals surface area (Å²) in [7, 11) is 3.25. The number of rotatable bonds is 2. The van der Waals surface area contributed by atoms with E-state index in [9.17, 15) is 14.4 Å². The lowest BCUT2D eigenvalue weighted by molar-refractivity contribution is 0.0986. The largest absolute Gasteiger partial charge is 0.497 e. The maximum Gasteiger partial charge on any atom is 0.163 e. The van der Waals surface area contributed by atoms with Gasteiger partial charge in [0.1, 0.15) is 11.5 Å². The minimum Gasteiger partial charge on any atom is -0.497 e. The van der Waals surface area contributed by atoms with Gasteiger partial charge in [0.15, 0.2) is 17.3 Å². The molecule has 0 fully saturated rings. The molecule has 0 aromatic heterocycles. The fourth-order valence-electron chi connectivity index (χ4n) is 4.69. The number of Topliss-reactive ketones (excluding diaryl/α,β-unsaturated/α-hetero) is 3. The van der Waals surface area contributed by atoms with E-state index in [1.807, 2.05) is 48.5 Å². The van der Waals surface area contributed by atoms with Crippen molar-refractivity contribution in [3.63, 3.8) is 0 Å². The first-order chi connectivity index (χ1) is 16.9. The van der Waals surface area contributed by atoms with Crippen molar-refractivity contribution < 1.29 is 23.9 Å². The predicted octanol–water partition coefficient (Wildman–Crippen LogP) is 5.77. The number of carbonyl (C=O) groups excluding carboxylic acids is 3. The van der Waals surface area contributed by atoms with Gasteiger partial charge in [0.05, 0.1) is 14.2 Å². The van der Waals surface area contributed by atoms with Gasteiger partial charge in [-0.1, -0.05) is 29.8 Å². The van der Waals surface area contributed by atoms with E-state index in [4.69, 9.17) is 9.47 Å². The zero-order chi connectivity index (χ0) is 24.9. The summed E-state index contributed by atoms with van der Waals surface area (Å²) in [5, 5.41) is 0. The van der Waals surface area contributed by atoms with Crippen molar-refractivity contribution in [2.24, 2.45) is 0 Å². The summed E-state index contributed by atoms with van der Waals surface area (Å²) in [4.78, 5) is 33.7. The first kappa shape index (κ1) is 24.4. The summed E-state index contributed by atoms with van der Waals surface area (Å²) in [5.74, 6) is 2.41. The van der Waals surface area contributed by atoms with Crippen LogP contribution in [-0.2, 0) is 19.3 Å². The van der Waals surface area contributed by atoms with Gasteiger partial charge in [-0.25, -0.2) is 0 Å². The minimum absolute atomic E-state index is 0.240. The lowest BCUT2D eigenvalue weighted by Gasteiger charge is -2.01. The van der Waals surface area contributed by atoms with Crippen molar-refractivity contribution >= 4 is 17.3 Å². The van der Waals surface area contributed by atoms with Gasteiger partial charge in [-0.2, -0.15) is 0 Å². The van der Waals surface area contributed by atoms with Gasteiger partial charge in [0.25, 0.3) is 0 Å². The maximum atomic E-state index is 11.3. The Balaban J connectivity index is 0.000000124. The highest BCUT2D eigenvalue weighted by Crippen LogP contribution is 2.27. The molecule has 0 N–H and O–H groups in total. The van der Waals surface area contributed by atoms with Crippen LogP contribution >= 0.6 is 0 Å². The summed E-state index contributed by atoms with van der Waals surface area (Å²) in [5.41, 5.74) is 7.41. The van der Waals surface area contributed by atoms with Crippen molar-refractivity contribution in [3.05, 3.63) is 93.5 Å². The Morgan fingerprint density at radius 3 is 1.63 bits per heavy atom. The average Bonchev–Trinajstić information content (AvgIpc) is 3.56. The van der Waals surface area contributed by atoms with Crippen LogP contribution in [0.25, 0.3) is 0 Å². The molecule has 5 nitrogen and oxygen atoms in total. The fraction of sp³-hybridized carbons (Fsp3) is 0.300. The first-order valence-corrected chi connectivity index (χ1v) is 11.9. The highest BCUT2D eigenvalue weighted by molar-refractivity contribution is 6.01. The van der Waals surface area contributed by atoms with Crippen LogP contribution in [0.15, 0.2) is 54.6 Å². The Labute approximate surface area is 206 Å². The lowest BCUT2D eigenvalue weighted by atomic mass is 10.1. The van der Waals surface area contributed by atoms with E-state index in [0.29, 0.717) is 25.0 Å². The van der Waals surface area contributed by atoms with E-state index >= 15 is 0 Å². The van der Waals surface area contributed by atoms with E-state index in [1.165, 1.54) is 11.1 Å². The molecule has 3 aliphatic carbocycles. The third-order valence-electron chi connectivity index (χ3n) is 6.66. The third-order valence-corrected chi connectivity index (χ3v) is 6.66. The lowest BCUT2D eigenvalue weighted by Crippen LogP contribution is -1.92. The second kappa shape index (κ2) is 10.7. The number of ketones is 3. The number of hydrogen-bond acceptors (Lipinski definition) is 5. The zero-order valence-electron chi connectivity index (χ0n) is 20.5. The van der Waals surface area contributed by atoms with E-state index in [2.05, 4.69) is 13.0 Å². The van der Waals surface area contributed by atoms with Crippen LogP contribution in [0.3, 0.4) is 0 Å². The van der Waals surface area contributed by atoms with Gasteiger partial charge in [-0.05, 0) is 73.2 Å². The van der Waals surface area contributed by atoms with Gasteiger partial charge in [0, 0.05) is 36.0 Å². The molecule has 0 bridgehead atoms. The molecule has 35 heavy (non-hydrogen) atoms. The van der Waals surface area contributed by atoms with Crippen LogP contribution in [0, 0.1) is 6.92 Å². The monoisotopic (exact) mass is 470 g/mol. The van der Waals surface area contributed by atoms with E-state index < -0.39 is 0 Å². The van der Waals surface area contributed by atoms with E-state index in [0.717, 1.165) is 58.6 Å². The number of aryl methyl sites for hydroxylation is 4. The third kappa shape index (κ3) is 5.51. The molecular formula is C30H30O5. The molecule has 0 unspecified atom stereocenters. The van der Waals surface area contributed by atoms with E-state index in [1.54, 1.807) is 14.2 Å². The Morgan fingerprint density at radius 1 is 0.514 bits per heavy atom. The fourth-order valence-corrected chi connectivity index (χ4v) is 4.69. The van der Waals surface area contributed by atoms with Crippen LogP contribution < -0.4 is 9.47 Å². The van der Waals surface area contributed by atoms with Crippen molar-refractivity contribution in [1.29, 1.82) is 0 Å². The highest BCUT2D eigenvalue weighted by Gasteiger charge is 2.20. The molecule has 0 radical (unpaired) electrons. The SMILES string of the molecule is COc1ccc2c(c1)C(=O)CC2.COc1ccc2c(c1)CCC2=O.Cc1ccc2c(c1)CCC2=O. The van der Waals surface area contributed by atoms with Crippen molar-refractivity contribution in [2.75, 3.05) is 14.2 Å². The van der Waals surface area contributed by atoms with Crippen LogP contribution in [0.4, 0.5) is 0 Å². The molecule has 0 atom stereocenters. The molecular weight excluding hydrogens is 440 g/mol. The average molecular weight is 471 g/mol. The van der Waals surface area contributed by atoms with Crippen molar-refractivity contribution in [3.8, 4) is 11.5 Å². The minimum atomic E-state index is 0.240. The van der Waals surface area contributed by atoms with Crippen LogP contribution in [0.5, 0.6) is 11.5 Å². The zero-order valence-corrected chi connectivity index (χ0v) is 20.5. The van der Waals surface area contributed by atoms with Crippen LogP contribution in [-0.4, -0.2) is 31.6 Å². The van der Waals surface area contributed by atoms with Crippen molar-refractivity contribution in [1.82, 2.24) is 0 Å². The molecule has 3 aromatic rings. The van der Waals surface area contributed by atoms with Crippen molar-refractivity contribution in [2.45, 2.75) is 45.4 Å². The Morgan fingerprint density at radius 2 is 1.00 bits per heavy atom. The highest BCUT2D eigenvalue weighted by atomic mass is 16.5. The van der Waals surface area contributed by atoms with Gasteiger partial charge >= 0.3 is 0 Å². The van der Waals surface area contributed by atoms with Gasteiger partial charge in [-0.3, -0.25) is 14.4 Å². The van der Waals surface area contributed by atoms with E-state index in [-0.39, 0.29) is 11.6 Å². The number of fused-ring (bicyclic) bond motifs is 3.